The molecule has 1 saturated heterocycles. The van der Waals surface area contributed by atoms with Crippen molar-refractivity contribution in [2.45, 2.75) is 38.0 Å². The van der Waals surface area contributed by atoms with Crippen LogP contribution in [-0.4, -0.2) is 71.0 Å². The number of aromatic nitrogens is 6. The van der Waals surface area contributed by atoms with Crippen molar-refractivity contribution in [1.82, 2.24) is 34.8 Å². The third kappa shape index (κ3) is 4.34. The molecular formula is C23H23FN8O4. The first kappa shape index (κ1) is 23.7. The number of fused-ring (bicyclic) bond motifs is 1. The van der Waals surface area contributed by atoms with Gasteiger partial charge in [-0.2, -0.15) is 0 Å². The van der Waals surface area contributed by atoms with Crippen LogP contribution >= 0.6 is 0 Å². The van der Waals surface area contributed by atoms with Gasteiger partial charge in [0.15, 0.2) is 35.1 Å². The molecule has 186 valence electrons. The number of hydrogen-bond donors (Lipinski definition) is 4. The van der Waals surface area contributed by atoms with Crippen molar-refractivity contribution >= 4 is 22.9 Å². The second-order valence-electron chi connectivity index (χ2n) is 8.28. The second kappa shape index (κ2) is 9.53. The molecule has 0 aromatic carbocycles. The van der Waals surface area contributed by atoms with E-state index >= 15 is 0 Å². The highest BCUT2D eigenvalue weighted by atomic mass is 19.1. The zero-order valence-electron chi connectivity index (χ0n) is 19.3. The number of pyridine rings is 2. The maximum absolute atomic E-state index is 13.9. The van der Waals surface area contributed by atoms with Crippen molar-refractivity contribution < 1.29 is 24.1 Å². The summed E-state index contributed by atoms with van der Waals surface area (Å²) >= 11 is 0. The number of nitrogens with one attached hydrogen (secondary N) is 2. The Kier molecular flexibility index (Phi) is 6.26. The topological polar surface area (TPSA) is 160 Å². The molecule has 12 nitrogen and oxygen atoms in total. The molecule has 5 rings (SSSR count). The number of aryl methyl sites for hydroxylation is 1. The summed E-state index contributed by atoms with van der Waals surface area (Å²) in [6.07, 6.45) is -1.49. The summed E-state index contributed by atoms with van der Waals surface area (Å²) in [5, 5.41) is 26.6. The molecule has 5 heterocycles. The van der Waals surface area contributed by atoms with Crippen LogP contribution in [0.3, 0.4) is 0 Å². The standard InChI is InChI=1S/C23H23FN8O4/c1-11-4-3-5-14(29-11)9-27-20-15-21(31-19(30-20)12-6-13(24)8-26-7-12)32(10-28-15)23-17(34)16(33)18(36-23)22(35)25-2/h3-8,10,16-18,23,33-34H,9H2,1-2H3,(H,25,35)(H,27,30,31)/t16-,17+,18-,23+/m0/s1. The Labute approximate surface area is 204 Å². The Morgan fingerprint density at radius 1 is 1.19 bits per heavy atom. The van der Waals surface area contributed by atoms with Gasteiger partial charge in [0.05, 0.1) is 24.8 Å². The van der Waals surface area contributed by atoms with Crippen LogP contribution in [0.25, 0.3) is 22.6 Å². The zero-order chi connectivity index (χ0) is 25.4. The Morgan fingerprint density at radius 3 is 2.78 bits per heavy atom. The summed E-state index contributed by atoms with van der Waals surface area (Å²) in [5.41, 5.74) is 2.51. The molecule has 0 radical (unpaired) electrons. The van der Waals surface area contributed by atoms with Crippen LogP contribution in [-0.2, 0) is 16.1 Å². The van der Waals surface area contributed by atoms with E-state index in [-0.39, 0.29) is 11.5 Å². The van der Waals surface area contributed by atoms with E-state index in [0.717, 1.165) is 17.6 Å². The van der Waals surface area contributed by atoms with Crippen LogP contribution in [0.15, 0.2) is 43.0 Å². The molecule has 4 aromatic heterocycles. The summed E-state index contributed by atoms with van der Waals surface area (Å²) in [5.74, 6) is -0.666. The Bertz CT molecular complexity index is 1430. The highest BCUT2D eigenvalue weighted by molar-refractivity contribution is 5.85. The molecule has 4 aromatic rings. The Balaban J connectivity index is 1.58. The summed E-state index contributed by atoms with van der Waals surface area (Å²) in [7, 11) is 1.40. The minimum absolute atomic E-state index is 0.145. The number of aliphatic hydroxyl groups is 2. The first-order valence-corrected chi connectivity index (χ1v) is 11.1. The molecule has 4 atom stereocenters. The average Bonchev–Trinajstić information content (AvgIpc) is 3.43. The molecular weight excluding hydrogens is 471 g/mol. The average molecular weight is 494 g/mol. The number of likely N-dealkylation sites (N-methyl/N-ethyl adjacent to an activating group) is 1. The first-order chi connectivity index (χ1) is 17.4. The zero-order valence-corrected chi connectivity index (χ0v) is 19.3. The fraction of sp³-hybridized carbons (Fsp3) is 0.304. The monoisotopic (exact) mass is 494 g/mol. The predicted molar refractivity (Wildman–Crippen MR) is 125 cm³/mol. The number of carbonyl (C=O) groups excluding carboxylic acids is 1. The van der Waals surface area contributed by atoms with E-state index in [4.69, 9.17) is 4.74 Å². The van der Waals surface area contributed by atoms with Crippen LogP contribution in [0, 0.1) is 12.7 Å². The fourth-order valence-corrected chi connectivity index (χ4v) is 4.01. The van der Waals surface area contributed by atoms with Gasteiger partial charge in [-0.3, -0.25) is 19.3 Å². The lowest BCUT2D eigenvalue weighted by molar-refractivity contribution is -0.137. The molecule has 36 heavy (non-hydrogen) atoms. The smallest absolute Gasteiger partial charge is 0.251 e. The number of nitrogens with zero attached hydrogens (tertiary/aromatic N) is 6. The number of aliphatic hydroxyl groups excluding tert-OH is 2. The van der Waals surface area contributed by atoms with Crippen LogP contribution in [0.2, 0.25) is 0 Å². The number of halogens is 1. The molecule has 1 aliphatic heterocycles. The lowest BCUT2D eigenvalue weighted by atomic mass is 10.1. The lowest BCUT2D eigenvalue weighted by Crippen LogP contribution is -2.41. The minimum atomic E-state index is -1.47. The molecule has 1 amide bonds. The third-order valence-electron chi connectivity index (χ3n) is 5.78. The van der Waals surface area contributed by atoms with E-state index in [0.29, 0.717) is 23.4 Å². The number of rotatable bonds is 6. The van der Waals surface area contributed by atoms with Gasteiger partial charge >= 0.3 is 0 Å². The van der Waals surface area contributed by atoms with Crippen molar-refractivity contribution in [3.63, 3.8) is 0 Å². The molecule has 0 unspecified atom stereocenters. The number of amides is 1. The number of carbonyl (C=O) groups is 1. The van der Waals surface area contributed by atoms with Gasteiger partial charge in [0.1, 0.15) is 18.0 Å². The van der Waals surface area contributed by atoms with Gasteiger partial charge in [0, 0.05) is 24.5 Å². The molecule has 13 heteroatoms. The van der Waals surface area contributed by atoms with Gasteiger partial charge in [-0.25, -0.2) is 19.3 Å². The van der Waals surface area contributed by atoms with Gasteiger partial charge in [-0.1, -0.05) is 6.07 Å². The molecule has 0 spiro atoms. The number of hydrogen-bond acceptors (Lipinski definition) is 10. The summed E-state index contributed by atoms with van der Waals surface area (Å²) in [4.78, 5) is 33.9. The van der Waals surface area contributed by atoms with Crippen LogP contribution in [0.1, 0.15) is 17.6 Å². The van der Waals surface area contributed by atoms with Crippen LogP contribution in [0.5, 0.6) is 0 Å². The molecule has 4 N–H and O–H groups in total. The number of anilines is 1. The normalized spacial score (nSPS) is 21.6. The summed E-state index contributed by atoms with van der Waals surface area (Å²) < 4.78 is 21.0. The van der Waals surface area contributed by atoms with Gasteiger partial charge < -0.3 is 25.6 Å². The number of ether oxygens (including phenoxy) is 1. The Hall–Kier alpha value is -4.07. The second-order valence-corrected chi connectivity index (χ2v) is 8.28. The van der Waals surface area contributed by atoms with E-state index in [9.17, 15) is 19.4 Å². The van der Waals surface area contributed by atoms with Crippen molar-refractivity contribution in [1.29, 1.82) is 0 Å². The van der Waals surface area contributed by atoms with Crippen molar-refractivity contribution in [2.75, 3.05) is 12.4 Å². The largest absolute Gasteiger partial charge is 0.387 e. The van der Waals surface area contributed by atoms with Gasteiger partial charge in [-0.15, -0.1) is 0 Å². The molecule has 0 saturated carbocycles. The van der Waals surface area contributed by atoms with E-state index < -0.39 is 36.3 Å². The van der Waals surface area contributed by atoms with Crippen LogP contribution < -0.4 is 10.6 Å². The van der Waals surface area contributed by atoms with Crippen molar-refractivity contribution in [3.05, 3.63) is 60.2 Å². The van der Waals surface area contributed by atoms with Crippen molar-refractivity contribution in [3.8, 4) is 11.4 Å². The van der Waals surface area contributed by atoms with Gasteiger partial charge in [0.2, 0.25) is 0 Å². The Morgan fingerprint density at radius 2 is 2.03 bits per heavy atom. The quantitative estimate of drug-likeness (QED) is 0.300. The van der Waals surface area contributed by atoms with E-state index in [2.05, 4.69) is 35.6 Å². The SMILES string of the molecule is CNC(=O)[C@H]1O[C@@H](n2cnc3c(NCc4cccc(C)n4)nc(-c4cncc(F)c4)nc32)[C@H](O)[C@@H]1O. The number of imidazole rings is 1. The van der Waals surface area contributed by atoms with E-state index in [1.165, 1.54) is 30.2 Å². The molecule has 1 aliphatic rings. The fourth-order valence-electron chi connectivity index (χ4n) is 4.01. The molecule has 1 fully saturated rings. The summed E-state index contributed by atoms with van der Waals surface area (Å²) in [6.45, 7) is 2.21. The van der Waals surface area contributed by atoms with Gasteiger partial charge in [0.25, 0.3) is 5.91 Å². The van der Waals surface area contributed by atoms with E-state index in [1.54, 1.807) is 0 Å². The van der Waals surface area contributed by atoms with Crippen LogP contribution in [0.4, 0.5) is 10.2 Å². The maximum Gasteiger partial charge on any atom is 0.251 e. The highest BCUT2D eigenvalue weighted by Crippen LogP contribution is 2.33. The third-order valence-corrected chi connectivity index (χ3v) is 5.78. The van der Waals surface area contributed by atoms with E-state index in [1.807, 2.05) is 25.1 Å². The highest BCUT2D eigenvalue weighted by Gasteiger charge is 2.47. The molecule has 0 aliphatic carbocycles. The van der Waals surface area contributed by atoms with Gasteiger partial charge in [-0.05, 0) is 25.1 Å². The maximum atomic E-state index is 13.9. The predicted octanol–water partition coefficient (Wildman–Crippen LogP) is 0.708. The first-order valence-electron chi connectivity index (χ1n) is 11.1. The minimum Gasteiger partial charge on any atom is -0.387 e. The summed E-state index contributed by atoms with van der Waals surface area (Å²) in [6, 6.07) is 6.88. The molecule has 0 bridgehead atoms. The van der Waals surface area contributed by atoms with Crippen molar-refractivity contribution in [2.24, 2.45) is 0 Å². The lowest BCUT2D eigenvalue weighted by Gasteiger charge is -2.17.